The van der Waals surface area contributed by atoms with Crippen molar-refractivity contribution < 1.29 is 27.5 Å². The van der Waals surface area contributed by atoms with Gasteiger partial charge in [0.15, 0.2) is 5.75 Å². The fourth-order valence-corrected chi connectivity index (χ4v) is 1.49. The van der Waals surface area contributed by atoms with Crippen LogP contribution in [0.2, 0.25) is 0 Å². The second kappa shape index (κ2) is 6.33. The number of carbonyl (C=O) groups is 2. The van der Waals surface area contributed by atoms with E-state index in [0.29, 0.717) is 0 Å². The molecular formula is C12H14F3N3O3. The van der Waals surface area contributed by atoms with Crippen molar-refractivity contribution >= 4 is 17.5 Å². The molecule has 2 amide bonds. The SMILES string of the molecule is CNC(=O)CN(C)C(=O)c1ccc(OC(F)(F)F)c(N)c1. The van der Waals surface area contributed by atoms with Crippen molar-refractivity contribution in [3.05, 3.63) is 23.8 Å². The first-order chi connectivity index (χ1) is 9.64. The Bertz CT molecular complexity index is 546. The number of anilines is 1. The maximum Gasteiger partial charge on any atom is 0.573 e. The van der Waals surface area contributed by atoms with E-state index in [4.69, 9.17) is 5.73 Å². The summed E-state index contributed by atoms with van der Waals surface area (Å²) in [5.41, 5.74) is 5.14. The minimum Gasteiger partial charge on any atom is -0.404 e. The molecule has 1 aromatic rings. The lowest BCUT2D eigenvalue weighted by Crippen LogP contribution is -2.36. The van der Waals surface area contributed by atoms with E-state index in [1.54, 1.807) is 0 Å². The Morgan fingerprint density at radius 1 is 1.38 bits per heavy atom. The molecule has 9 heteroatoms. The van der Waals surface area contributed by atoms with E-state index in [2.05, 4.69) is 10.1 Å². The van der Waals surface area contributed by atoms with Gasteiger partial charge in [0.05, 0.1) is 12.2 Å². The molecule has 0 heterocycles. The minimum atomic E-state index is -4.87. The van der Waals surface area contributed by atoms with Crippen LogP contribution in [0.25, 0.3) is 0 Å². The third-order valence-electron chi connectivity index (χ3n) is 2.49. The van der Waals surface area contributed by atoms with Gasteiger partial charge < -0.3 is 20.7 Å². The van der Waals surface area contributed by atoms with Crippen molar-refractivity contribution in [3.63, 3.8) is 0 Å². The molecule has 0 radical (unpaired) electrons. The molecule has 0 atom stereocenters. The number of halogens is 3. The van der Waals surface area contributed by atoms with Gasteiger partial charge in [0.25, 0.3) is 5.91 Å². The highest BCUT2D eigenvalue weighted by atomic mass is 19.4. The third kappa shape index (κ3) is 4.86. The summed E-state index contributed by atoms with van der Waals surface area (Å²) in [5, 5.41) is 2.35. The molecule has 0 bridgehead atoms. The van der Waals surface area contributed by atoms with E-state index in [1.165, 1.54) is 14.1 Å². The van der Waals surface area contributed by atoms with E-state index in [1.807, 2.05) is 0 Å². The molecule has 0 fully saturated rings. The smallest absolute Gasteiger partial charge is 0.404 e. The lowest BCUT2D eigenvalue weighted by atomic mass is 10.1. The Hall–Kier alpha value is -2.45. The number of carbonyl (C=O) groups excluding carboxylic acids is 2. The number of nitrogens with zero attached hydrogens (tertiary/aromatic N) is 1. The summed E-state index contributed by atoms with van der Waals surface area (Å²) >= 11 is 0. The maximum absolute atomic E-state index is 12.1. The first-order valence-electron chi connectivity index (χ1n) is 5.75. The molecular weight excluding hydrogens is 291 g/mol. The zero-order chi connectivity index (χ0) is 16.2. The van der Waals surface area contributed by atoms with E-state index in [-0.39, 0.29) is 23.7 Å². The van der Waals surface area contributed by atoms with Crippen LogP contribution in [-0.4, -0.2) is 43.7 Å². The number of alkyl halides is 3. The maximum atomic E-state index is 12.1. The fourth-order valence-electron chi connectivity index (χ4n) is 1.49. The molecule has 0 unspecified atom stereocenters. The average molecular weight is 305 g/mol. The summed E-state index contributed by atoms with van der Waals surface area (Å²) in [5.74, 6) is -1.52. The van der Waals surface area contributed by atoms with Crippen LogP contribution < -0.4 is 15.8 Å². The number of nitrogens with one attached hydrogen (secondary N) is 1. The highest BCUT2D eigenvalue weighted by molar-refractivity contribution is 5.97. The van der Waals surface area contributed by atoms with Gasteiger partial charge in [0, 0.05) is 19.7 Å². The van der Waals surface area contributed by atoms with Crippen LogP contribution in [0, 0.1) is 0 Å². The molecule has 0 aliphatic heterocycles. The molecule has 3 N–H and O–H groups in total. The Labute approximate surface area is 118 Å². The van der Waals surface area contributed by atoms with Crippen LogP contribution in [0.4, 0.5) is 18.9 Å². The molecule has 6 nitrogen and oxygen atoms in total. The topological polar surface area (TPSA) is 84.7 Å². The number of rotatable bonds is 4. The molecule has 1 rings (SSSR count). The highest BCUT2D eigenvalue weighted by Gasteiger charge is 2.32. The zero-order valence-electron chi connectivity index (χ0n) is 11.3. The lowest BCUT2D eigenvalue weighted by molar-refractivity contribution is -0.274. The van der Waals surface area contributed by atoms with Gasteiger partial charge in [-0.15, -0.1) is 13.2 Å². The number of nitrogens with two attached hydrogens (primary N) is 1. The van der Waals surface area contributed by atoms with E-state index >= 15 is 0 Å². The number of hydrogen-bond acceptors (Lipinski definition) is 4. The molecule has 116 valence electrons. The van der Waals surface area contributed by atoms with Crippen LogP contribution >= 0.6 is 0 Å². The largest absolute Gasteiger partial charge is 0.573 e. The van der Waals surface area contributed by atoms with Crippen molar-refractivity contribution in [2.45, 2.75) is 6.36 Å². The molecule has 21 heavy (non-hydrogen) atoms. The summed E-state index contributed by atoms with van der Waals surface area (Å²) < 4.78 is 40.0. The number of benzene rings is 1. The third-order valence-corrected chi connectivity index (χ3v) is 2.49. The Balaban J connectivity index is 2.88. The van der Waals surface area contributed by atoms with Gasteiger partial charge in [0.2, 0.25) is 5.91 Å². The standard InChI is InChI=1S/C12H14F3N3O3/c1-17-10(19)6-18(2)11(20)7-3-4-9(8(16)5-7)21-12(13,14)15/h3-5H,6,16H2,1-2H3,(H,17,19). The van der Waals surface area contributed by atoms with Crippen LogP contribution in [0.5, 0.6) is 5.75 Å². The summed E-state index contributed by atoms with van der Waals surface area (Å²) in [6.07, 6.45) is -4.87. The first-order valence-corrected chi connectivity index (χ1v) is 5.75. The van der Waals surface area contributed by atoms with Crippen molar-refractivity contribution in [2.75, 3.05) is 26.4 Å². The van der Waals surface area contributed by atoms with Gasteiger partial charge in [-0.05, 0) is 18.2 Å². The summed E-state index contributed by atoms with van der Waals surface area (Å²) in [7, 11) is 2.80. The first kappa shape index (κ1) is 16.6. The molecule has 1 aromatic carbocycles. The summed E-state index contributed by atoms with van der Waals surface area (Å²) in [6, 6.07) is 3.15. The van der Waals surface area contributed by atoms with Crippen molar-refractivity contribution in [1.29, 1.82) is 0 Å². The number of ether oxygens (including phenoxy) is 1. The fraction of sp³-hybridized carbons (Fsp3) is 0.333. The van der Waals surface area contributed by atoms with Gasteiger partial charge in [0.1, 0.15) is 0 Å². The van der Waals surface area contributed by atoms with Gasteiger partial charge in [-0.3, -0.25) is 9.59 Å². The van der Waals surface area contributed by atoms with Gasteiger partial charge in [-0.2, -0.15) is 0 Å². The quantitative estimate of drug-likeness (QED) is 0.812. The Morgan fingerprint density at radius 3 is 2.48 bits per heavy atom. The van der Waals surface area contributed by atoms with Crippen molar-refractivity contribution in [1.82, 2.24) is 10.2 Å². The predicted molar refractivity (Wildman–Crippen MR) is 68.6 cm³/mol. The van der Waals surface area contributed by atoms with Crippen molar-refractivity contribution in [2.24, 2.45) is 0 Å². The van der Waals surface area contributed by atoms with Gasteiger partial charge in [-0.25, -0.2) is 0 Å². The normalized spacial score (nSPS) is 10.9. The zero-order valence-corrected chi connectivity index (χ0v) is 11.3. The Kier molecular flexibility index (Phi) is 5.01. The molecule has 0 saturated heterocycles. The second-order valence-electron chi connectivity index (χ2n) is 4.13. The van der Waals surface area contributed by atoms with Gasteiger partial charge >= 0.3 is 6.36 Å². The molecule has 0 saturated carbocycles. The van der Waals surface area contributed by atoms with Gasteiger partial charge in [-0.1, -0.05) is 0 Å². The average Bonchev–Trinajstić information content (AvgIpc) is 2.38. The van der Waals surface area contributed by atoms with E-state index in [9.17, 15) is 22.8 Å². The van der Waals surface area contributed by atoms with Crippen LogP contribution in [0.15, 0.2) is 18.2 Å². The predicted octanol–water partition coefficient (Wildman–Crippen LogP) is 0.985. The molecule has 0 aliphatic carbocycles. The van der Waals surface area contributed by atoms with E-state index in [0.717, 1.165) is 23.1 Å². The number of amides is 2. The van der Waals surface area contributed by atoms with Crippen LogP contribution in [0.1, 0.15) is 10.4 Å². The molecule has 0 aromatic heterocycles. The summed E-state index contributed by atoms with van der Waals surface area (Å²) in [4.78, 5) is 24.2. The number of hydrogen-bond donors (Lipinski definition) is 2. The molecule has 0 aliphatic rings. The second-order valence-corrected chi connectivity index (χ2v) is 4.13. The number of likely N-dealkylation sites (N-methyl/N-ethyl adjacent to an activating group) is 2. The van der Waals surface area contributed by atoms with E-state index < -0.39 is 18.0 Å². The lowest BCUT2D eigenvalue weighted by Gasteiger charge is -2.17. The minimum absolute atomic E-state index is 0.0495. The number of nitrogen functional groups attached to an aromatic ring is 1. The summed E-state index contributed by atoms with van der Waals surface area (Å²) in [6.45, 7) is -0.184. The highest BCUT2D eigenvalue weighted by Crippen LogP contribution is 2.29. The van der Waals surface area contributed by atoms with Crippen molar-refractivity contribution in [3.8, 4) is 5.75 Å². The monoisotopic (exact) mass is 305 g/mol. The Morgan fingerprint density at radius 2 is 2.00 bits per heavy atom. The molecule has 0 spiro atoms. The van der Waals surface area contributed by atoms with Crippen LogP contribution in [0.3, 0.4) is 0 Å². The van der Waals surface area contributed by atoms with Crippen LogP contribution in [-0.2, 0) is 4.79 Å².